The molecule has 0 aromatic heterocycles. The second-order valence-electron chi connectivity index (χ2n) is 4.25. The van der Waals surface area contributed by atoms with E-state index < -0.39 is 0 Å². The Morgan fingerprint density at radius 2 is 2.13 bits per heavy atom. The molecular weight excluding hydrogens is 186 g/mol. The van der Waals surface area contributed by atoms with Gasteiger partial charge in [-0.25, -0.2) is 0 Å². The lowest BCUT2D eigenvalue weighted by molar-refractivity contribution is -0.111. The van der Waals surface area contributed by atoms with Gasteiger partial charge in [-0.15, -0.1) is 0 Å². The number of allylic oxidation sites excluding steroid dienone is 1. The standard InChI is InChI=1S/C13H17NO/c1-10(2)11-6-5-7-12(8-11)13(3,4)14-9-15/h5-9H,1H2,2-4H3,(H,14,15). The molecule has 0 atom stereocenters. The first-order chi connectivity index (χ1) is 6.97. The summed E-state index contributed by atoms with van der Waals surface area (Å²) in [5.74, 6) is 0. The molecule has 1 N–H and O–H groups in total. The third kappa shape index (κ3) is 2.69. The van der Waals surface area contributed by atoms with Gasteiger partial charge in [0.2, 0.25) is 6.41 Å². The number of benzene rings is 1. The smallest absolute Gasteiger partial charge is 0.207 e. The fourth-order valence-electron chi connectivity index (χ4n) is 1.40. The highest BCUT2D eigenvalue weighted by Crippen LogP contribution is 2.22. The van der Waals surface area contributed by atoms with Crippen LogP contribution in [-0.2, 0) is 10.3 Å². The first-order valence-corrected chi connectivity index (χ1v) is 4.95. The Labute approximate surface area is 91.0 Å². The molecule has 0 bridgehead atoms. The maximum Gasteiger partial charge on any atom is 0.207 e. The highest BCUT2D eigenvalue weighted by atomic mass is 16.1. The Bertz CT molecular complexity index is 380. The third-order valence-electron chi connectivity index (χ3n) is 2.50. The van der Waals surface area contributed by atoms with E-state index in [1.165, 1.54) is 0 Å². The molecule has 0 heterocycles. The van der Waals surface area contributed by atoms with Crippen molar-refractivity contribution in [2.45, 2.75) is 26.3 Å². The van der Waals surface area contributed by atoms with Gasteiger partial charge in [0.1, 0.15) is 0 Å². The zero-order chi connectivity index (χ0) is 11.5. The second kappa shape index (κ2) is 4.30. The number of hydrogen-bond acceptors (Lipinski definition) is 1. The molecule has 0 aliphatic rings. The fourth-order valence-corrected chi connectivity index (χ4v) is 1.40. The lowest BCUT2D eigenvalue weighted by Gasteiger charge is -2.25. The molecule has 2 heteroatoms. The summed E-state index contributed by atoms with van der Waals surface area (Å²) in [4.78, 5) is 10.5. The van der Waals surface area contributed by atoms with Crippen molar-refractivity contribution in [1.82, 2.24) is 5.32 Å². The lowest BCUT2D eigenvalue weighted by Crippen LogP contribution is -2.35. The number of nitrogens with one attached hydrogen (secondary N) is 1. The molecule has 15 heavy (non-hydrogen) atoms. The summed E-state index contributed by atoms with van der Waals surface area (Å²) in [6.07, 6.45) is 0.730. The predicted octanol–water partition coefficient (Wildman–Crippen LogP) is 2.70. The van der Waals surface area contributed by atoms with Crippen LogP contribution in [0.5, 0.6) is 0 Å². The fraction of sp³-hybridized carbons (Fsp3) is 0.308. The van der Waals surface area contributed by atoms with Crippen molar-refractivity contribution in [2.75, 3.05) is 0 Å². The Balaban J connectivity index is 3.09. The van der Waals surface area contributed by atoms with Gasteiger partial charge in [0.05, 0.1) is 5.54 Å². The zero-order valence-corrected chi connectivity index (χ0v) is 9.50. The minimum atomic E-state index is -0.340. The molecule has 1 rings (SSSR count). The predicted molar refractivity (Wildman–Crippen MR) is 63.4 cm³/mol. The third-order valence-corrected chi connectivity index (χ3v) is 2.50. The van der Waals surface area contributed by atoms with Gasteiger partial charge < -0.3 is 5.32 Å². The number of carbonyl (C=O) groups is 1. The number of rotatable bonds is 4. The molecule has 0 aliphatic heterocycles. The van der Waals surface area contributed by atoms with Gasteiger partial charge in [-0.1, -0.05) is 30.4 Å². The Morgan fingerprint density at radius 3 is 2.67 bits per heavy atom. The van der Waals surface area contributed by atoms with Crippen LogP contribution >= 0.6 is 0 Å². The number of hydrogen-bond donors (Lipinski definition) is 1. The van der Waals surface area contributed by atoms with E-state index in [9.17, 15) is 4.79 Å². The van der Waals surface area contributed by atoms with Crippen LogP contribution in [0.15, 0.2) is 30.8 Å². The summed E-state index contributed by atoms with van der Waals surface area (Å²) in [6.45, 7) is 9.82. The maximum atomic E-state index is 10.5. The Kier molecular flexibility index (Phi) is 3.30. The highest BCUT2D eigenvalue weighted by molar-refractivity contribution is 5.62. The molecule has 1 aromatic rings. The summed E-state index contributed by atoms with van der Waals surface area (Å²) in [5, 5.41) is 2.79. The maximum absolute atomic E-state index is 10.5. The average Bonchev–Trinajstić information content (AvgIpc) is 2.18. The Morgan fingerprint density at radius 1 is 1.47 bits per heavy atom. The van der Waals surface area contributed by atoms with Crippen molar-refractivity contribution >= 4 is 12.0 Å². The lowest BCUT2D eigenvalue weighted by atomic mass is 9.92. The molecule has 0 aliphatic carbocycles. The van der Waals surface area contributed by atoms with Crippen LogP contribution in [0.25, 0.3) is 5.57 Å². The van der Waals surface area contributed by atoms with Crippen LogP contribution in [-0.4, -0.2) is 6.41 Å². The quantitative estimate of drug-likeness (QED) is 0.749. The highest BCUT2D eigenvalue weighted by Gasteiger charge is 2.19. The summed E-state index contributed by atoms with van der Waals surface area (Å²) >= 11 is 0. The molecule has 0 spiro atoms. The van der Waals surface area contributed by atoms with E-state index in [4.69, 9.17) is 0 Å². The van der Waals surface area contributed by atoms with E-state index in [-0.39, 0.29) is 5.54 Å². The SMILES string of the molecule is C=C(C)c1cccc(C(C)(C)NC=O)c1. The van der Waals surface area contributed by atoms with E-state index in [2.05, 4.69) is 18.0 Å². The molecule has 0 saturated carbocycles. The minimum Gasteiger partial charge on any atom is -0.350 e. The first-order valence-electron chi connectivity index (χ1n) is 4.95. The van der Waals surface area contributed by atoms with E-state index in [0.717, 1.165) is 23.1 Å². The Hall–Kier alpha value is -1.57. The summed E-state index contributed by atoms with van der Waals surface area (Å²) in [5.41, 5.74) is 2.87. The molecular formula is C13H17NO. The monoisotopic (exact) mass is 203 g/mol. The van der Waals surface area contributed by atoms with E-state index >= 15 is 0 Å². The van der Waals surface area contributed by atoms with Gasteiger partial charge in [-0.3, -0.25) is 4.79 Å². The molecule has 0 saturated heterocycles. The van der Waals surface area contributed by atoms with E-state index in [1.807, 2.05) is 39.0 Å². The van der Waals surface area contributed by atoms with Gasteiger partial charge >= 0.3 is 0 Å². The van der Waals surface area contributed by atoms with Gasteiger partial charge in [0.25, 0.3) is 0 Å². The van der Waals surface area contributed by atoms with Gasteiger partial charge in [0, 0.05) is 0 Å². The van der Waals surface area contributed by atoms with E-state index in [1.54, 1.807) is 0 Å². The van der Waals surface area contributed by atoms with Gasteiger partial charge in [-0.05, 0) is 38.0 Å². The molecule has 1 aromatic carbocycles. The average molecular weight is 203 g/mol. The molecule has 80 valence electrons. The topological polar surface area (TPSA) is 29.1 Å². The van der Waals surface area contributed by atoms with Crippen LogP contribution in [0, 0.1) is 0 Å². The first kappa shape index (κ1) is 11.5. The van der Waals surface area contributed by atoms with E-state index in [0.29, 0.717) is 0 Å². The molecule has 0 unspecified atom stereocenters. The van der Waals surface area contributed by atoms with Crippen molar-refractivity contribution in [3.8, 4) is 0 Å². The van der Waals surface area contributed by atoms with Crippen molar-refractivity contribution in [3.05, 3.63) is 42.0 Å². The van der Waals surface area contributed by atoms with Crippen LogP contribution in [0.4, 0.5) is 0 Å². The normalized spacial score (nSPS) is 10.9. The molecule has 0 radical (unpaired) electrons. The zero-order valence-electron chi connectivity index (χ0n) is 9.50. The summed E-state index contributed by atoms with van der Waals surface area (Å²) in [6, 6.07) is 8.05. The van der Waals surface area contributed by atoms with Gasteiger partial charge in [-0.2, -0.15) is 0 Å². The summed E-state index contributed by atoms with van der Waals surface area (Å²) in [7, 11) is 0. The molecule has 0 fully saturated rings. The van der Waals surface area contributed by atoms with Crippen LogP contribution < -0.4 is 5.32 Å². The van der Waals surface area contributed by atoms with Crippen LogP contribution in [0.2, 0.25) is 0 Å². The van der Waals surface area contributed by atoms with Crippen LogP contribution in [0.3, 0.4) is 0 Å². The second-order valence-corrected chi connectivity index (χ2v) is 4.25. The molecule has 1 amide bonds. The molecule has 2 nitrogen and oxygen atoms in total. The van der Waals surface area contributed by atoms with Gasteiger partial charge in [0.15, 0.2) is 0 Å². The largest absolute Gasteiger partial charge is 0.350 e. The van der Waals surface area contributed by atoms with Crippen molar-refractivity contribution in [2.24, 2.45) is 0 Å². The van der Waals surface area contributed by atoms with Crippen LogP contribution in [0.1, 0.15) is 31.9 Å². The van der Waals surface area contributed by atoms with Crippen molar-refractivity contribution < 1.29 is 4.79 Å². The number of amides is 1. The summed E-state index contributed by atoms with van der Waals surface area (Å²) < 4.78 is 0. The van der Waals surface area contributed by atoms with Crippen molar-refractivity contribution in [3.63, 3.8) is 0 Å². The van der Waals surface area contributed by atoms with Crippen molar-refractivity contribution in [1.29, 1.82) is 0 Å². The number of carbonyl (C=O) groups excluding carboxylic acids is 1. The minimum absolute atomic E-state index is 0.340.